The third-order valence-electron chi connectivity index (χ3n) is 4.74. The Morgan fingerprint density at radius 2 is 1.95 bits per heavy atom. The van der Waals surface area contributed by atoms with E-state index >= 15 is 0 Å². The Hall–Kier alpha value is -1.10. The van der Waals surface area contributed by atoms with E-state index in [1.165, 1.54) is 5.56 Å². The van der Waals surface area contributed by atoms with Crippen LogP contribution in [0.2, 0.25) is 0 Å². The van der Waals surface area contributed by atoms with Crippen molar-refractivity contribution in [3.63, 3.8) is 0 Å². The lowest BCUT2D eigenvalue weighted by molar-refractivity contribution is -0.0772. The minimum absolute atomic E-state index is 0.548. The summed E-state index contributed by atoms with van der Waals surface area (Å²) in [6.45, 7) is 12.7. The van der Waals surface area contributed by atoms with Crippen LogP contribution in [0.5, 0.6) is 5.75 Å². The molecule has 1 aromatic carbocycles. The van der Waals surface area contributed by atoms with Gasteiger partial charge in [0.2, 0.25) is 0 Å². The summed E-state index contributed by atoms with van der Waals surface area (Å²) in [6.07, 6.45) is 0. The Morgan fingerprint density at radius 1 is 1.18 bits per heavy atom. The van der Waals surface area contributed by atoms with Crippen LogP contribution in [0.25, 0.3) is 0 Å². The summed E-state index contributed by atoms with van der Waals surface area (Å²) in [5.41, 5.74) is 1.34. The average Bonchev–Trinajstić information content (AvgIpc) is 2.47. The third-order valence-corrected chi connectivity index (χ3v) is 4.74. The van der Waals surface area contributed by atoms with Crippen LogP contribution in [0.3, 0.4) is 0 Å². The molecule has 22 heavy (non-hydrogen) atoms. The smallest absolute Gasteiger partial charge is 0.119 e. The SMILES string of the molecule is CC(C)c1cccc(OCCN2CCN(C3COC3)CC2)c1. The molecule has 1 aromatic rings. The Bertz CT molecular complexity index is 466. The Balaban J connectivity index is 1.37. The first kappa shape index (κ1) is 15.8. The fourth-order valence-corrected chi connectivity index (χ4v) is 3.04. The van der Waals surface area contributed by atoms with Crippen molar-refractivity contribution < 1.29 is 9.47 Å². The molecule has 0 N–H and O–H groups in total. The zero-order chi connectivity index (χ0) is 15.4. The van der Waals surface area contributed by atoms with E-state index in [0.29, 0.717) is 12.0 Å². The van der Waals surface area contributed by atoms with Gasteiger partial charge in [-0.05, 0) is 23.6 Å². The van der Waals surface area contributed by atoms with Gasteiger partial charge in [-0.3, -0.25) is 9.80 Å². The zero-order valence-corrected chi connectivity index (χ0v) is 13.8. The van der Waals surface area contributed by atoms with Gasteiger partial charge in [0, 0.05) is 32.7 Å². The molecule has 2 saturated heterocycles. The van der Waals surface area contributed by atoms with E-state index in [4.69, 9.17) is 9.47 Å². The van der Waals surface area contributed by atoms with Gasteiger partial charge in [0.25, 0.3) is 0 Å². The van der Waals surface area contributed by atoms with Crippen molar-refractivity contribution in [2.75, 3.05) is 52.5 Å². The van der Waals surface area contributed by atoms with E-state index < -0.39 is 0 Å². The van der Waals surface area contributed by atoms with E-state index in [1.807, 2.05) is 0 Å². The normalized spacial score (nSPS) is 21.0. The number of piperazine rings is 1. The Labute approximate surface area is 134 Å². The summed E-state index contributed by atoms with van der Waals surface area (Å²) in [5.74, 6) is 1.54. The second kappa shape index (κ2) is 7.44. The van der Waals surface area contributed by atoms with Crippen LogP contribution in [0.15, 0.2) is 24.3 Å². The first-order chi connectivity index (χ1) is 10.7. The summed E-state index contributed by atoms with van der Waals surface area (Å²) in [7, 11) is 0. The quantitative estimate of drug-likeness (QED) is 0.804. The van der Waals surface area contributed by atoms with Crippen LogP contribution >= 0.6 is 0 Å². The van der Waals surface area contributed by atoms with Crippen LogP contribution in [0.4, 0.5) is 0 Å². The number of hydrogen-bond donors (Lipinski definition) is 0. The number of rotatable bonds is 6. The second-order valence-electron chi connectivity index (χ2n) is 6.64. The molecule has 4 nitrogen and oxygen atoms in total. The fraction of sp³-hybridized carbons (Fsp3) is 0.667. The van der Waals surface area contributed by atoms with E-state index in [-0.39, 0.29) is 0 Å². The minimum atomic E-state index is 0.548. The van der Waals surface area contributed by atoms with Crippen molar-refractivity contribution in [2.45, 2.75) is 25.8 Å². The van der Waals surface area contributed by atoms with Crippen molar-refractivity contribution >= 4 is 0 Å². The van der Waals surface area contributed by atoms with Crippen molar-refractivity contribution in [2.24, 2.45) is 0 Å². The maximum Gasteiger partial charge on any atom is 0.119 e. The lowest BCUT2D eigenvalue weighted by Crippen LogP contribution is -2.56. The number of ether oxygens (including phenoxy) is 2. The number of benzene rings is 1. The fourth-order valence-electron chi connectivity index (χ4n) is 3.04. The molecule has 2 aliphatic rings. The molecule has 0 atom stereocenters. The maximum absolute atomic E-state index is 5.93. The van der Waals surface area contributed by atoms with Gasteiger partial charge in [0.15, 0.2) is 0 Å². The van der Waals surface area contributed by atoms with Crippen LogP contribution in [-0.4, -0.2) is 68.4 Å². The van der Waals surface area contributed by atoms with Gasteiger partial charge in [0.05, 0.1) is 19.3 Å². The van der Waals surface area contributed by atoms with Gasteiger partial charge in [-0.1, -0.05) is 26.0 Å². The maximum atomic E-state index is 5.93. The highest BCUT2D eigenvalue weighted by Crippen LogP contribution is 2.20. The van der Waals surface area contributed by atoms with Gasteiger partial charge < -0.3 is 9.47 Å². The molecular weight excluding hydrogens is 276 g/mol. The first-order valence-electron chi connectivity index (χ1n) is 8.49. The molecule has 0 spiro atoms. The monoisotopic (exact) mass is 304 g/mol. The summed E-state index contributed by atoms with van der Waals surface area (Å²) < 4.78 is 11.2. The molecule has 122 valence electrons. The molecule has 4 heteroatoms. The lowest BCUT2D eigenvalue weighted by Gasteiger charge is -2.42. The van der Waals surface area contributed by atoms with E-state index in [9.17, 15) is 0 Å². The summed E-state index contributed by atoms with van der Waals surface area (Å²) >= 11 is 0. The molecule has 0 bridgehead atoms. The Kier molecular flexibility index (Phi) is 5.34. The molecule has 0 aliphatic carbocycles. The van der Waals surface area contributed by atoms with E-state index in [2.05, 4.69) is 47.9 Å². The van der Waals surface area contributed by atoms with Crippen LogP contribution in [0.1, 0.15) is 25.3 Å². The van der Waals surface area contributed by atoms with Crippen LogP contribution < -0.4 is 4.74 Å². The van der Waals surface area contributed by atoms with Crippen molar-refractivity contribution in [3.05, 3.63) is 29.8 Å². The summed E-state index contributed by atoms with van der Waals surface area (Å²) in [5, 5.41) is 0. The predicted molar refractivity (Wildman–Crippen MR) is 88.6 cm³/mol. The van der Waals surface area contributed by atoms with Gasteiger partial charge in [-0.25, -0.2) is 0 Å². The Morgan fingerprint density at radius 3 is 2.59 bits per heavy atom. The van der Waals surface area contributed by atoms with Crippen molar-refractivity contribution in [1.29, 1.82) is 0 Å². The highest BCUT2D eigenvalue weighted by molar-refractivity contribution is 5.30. The highest BCUT2D eigenvalue weighted by Gasteiger charge is 2.28. The number of nitrogens with zero attached hydrogens (tertiary/aromatic N) is 2. The van der Waals surface area contributed by atoms with Gasteiger partial charge in [-0.15, -0.1) is 0 Å². The topological polar surface area (TPSA) is 24.9 Å². The second-order valence-corrected chi connectivity index (χ2v) is 6.64. The van der Waals surface area contributed by atoms with Crippen LogP contribution in [-0.2, 0) is 4.74 Å². The lowest BCUT2D eigenvalue weighted by atomic mass is 10.0. The summed E-state index contributed by atoms with van der Waals surface area (Å²) in [4.78, 5) is 5.06. The predicted octanol–water partition coefficient (Wildman–Crippen LogP) is 2.21. The molecule has 2 aliphatic heterocycles. The summed E-state index contributed by atoms with van der Waals surface area (Å²) in [6, 6.07) is 9.15. The molecule has 0 unspecified atom stereocenters. The average molecular weight is 304 g/mol. The first-order valence-corrected chi connectivity index (χ1v) is 8.49. The van der Waals surface area contributed by atoms with Gasteiger partial charge in [0.1, 0.15) is 12.4 Å². The molecule has 0 saturated carbocycles. The highest BCUT2D eigenvalue weighted by atomic mass is 16.5. The number of hydrogen-bond acceptors (Lipinski definition) is 4. The minimum Gasteiger partial charge on any atom is -0.492 e. The van der Waals surface area contributed by atoms with Gasteiger partial charge >= 0.3 is 0 Å². The van der Waals surface area contributed by atoms with Crippen LogP contribution in [0, 0.1) is 0 Å². The van der Waals surface area contributed by atoms with Gasteiger partial charge in [-0.2, -0.15) is 0 Å². The largest absolute Gasteiger partial charge is 0.492 e. The van der Waals surface area contributed by atoms with Crippen molar-refractivity contribution in [3.8, 4) is 5.75 Å². The molecule has 2 heterocycles. The molecule has 0 aromatic heterocycles. The third kappa shape index (κ3) is 4.00. The standard InChI is InChI=1S/C18H28N2O2/c1-15(2)16-4-3-5-18(12-16)22-11-10-19-6-8-20(9-7-19)17-13-21-14-17/h3-5,12,15,17H,6-11,13-14H2,1-2H3. The molecule has 3 rings (SSSR count). The van der Waals surface area contributed by atoms with E-state index in [1.54, 1.807) is 0 Å². The van der Waals surface area contributed by atoms with Crippen molar-refractivity contribution in [1.82, 2.24) is 9.80 Å². The molecule has 0 radical (unpaired) electrons. The van der Waals surface area contributed by atoms with E-state index in [0.717, 1.165) is 58.3 Å². The molecule has 0 amide bonds. The molecule has 2 fully saturated rings. The zero-order valence-electron chi connectivity index (χ0n) is 13.8. The molecular formula is C18H28N2O2.